The number of aliphatic hydroxyl groups is 1. The molecule has 0 bridgehead atoms. The molecule has 1 aliphatic heterocycles. The first-order valence-corrected chi connectivity index (χ1v) is 7.71. The molecule has 2 aromatic heterocycles. The first-order valence-electron chi connectivity index (χ1n) is 7.71. The van der Waals surface area contributed by atoms with E-state index in [4.69, 9.17) is 0 Å². The number of anilines is 1. The third-order valence-corrected chi connectivity index (χ3v) is 4.14. The van der Waals surface area contributed by atoms with Crippen LogP contribution in [0, 0.1) is 0 Å². The summed E-state index contributed by atoms with van der Waals surface area (Å²) < 4.78 is 0. The zero-order chi connectivity index (χ0) is 16.3. The van der Waals surface area contributed by atoms with Crippen molar-refractivity contribution < 1.29 is 9.90 Å². The predicted molar refractivity (Wildman–Crippen MR) is 86.2 cm³/mol. The van der Waals surface area contributed by atoms with Crippen LogP contribution in [0.25, 0.3) is 0 Å². The quantitative estimate of drug-likeness (QED) is 0.876. The average molecular weight is 315 g/mol. The Labute approximate surface area is 134 Å². The lowest BCUT2D eigenvalue weighted by atomic mass is 9.92. The Morgan fingerprint density at radius 3 is 3.00 bits per heavy atom. The number of pyridine rings is 1. The number of piperidine rings is 1. The van der Waals surface area contributed by atoms with E-state index in [0.29, 0.717) is 18.7 Å². The second-order valence-electron chi connectivity index (χ2n) is 6.07. The number of carbonyl (C=O) groups is 1. The van der Waals surface area contributed by atoms with Gasteiger partial charge >= 0.3 is 0 Å². The van der Waals surface area contributed by atoms with Crippen molar-refractivity contribution in [3.05, 3.63) is 42.4 Å². The van der Waals surface area contributed by atoms with Crippen molar-refractivity contribution >= 4 is 11.7 Å². The zero-order valence-electron chi connectivity index (χ0n) is 13.1. The number of β-amino-alcohol motifs (C(OH)–C–C–N with tert-alkyl or cyclic N) is 1. The van der Waals surface area contributed by atoms with Gasteiger partial charge in [0.25, 0.3) is 5.91 Å². The fourth-order valence-electron chi connectivity index (χ4n) is 3.07. The fraction of sp³-hybridized carbons (Fsp3) is 0.438. The van der Waals surface area contributed by atoms with E-state index >= 15 is 0 Å². The maximum atomic E-state index is 12.3. The minimum absolute atomic E-state index is 0.175. The van der Waals surface area contributed by atoms with Crippen LogP contribution in [0.15, 0.2) is 36.7 Å². The summed E-state index contributed by atoms with van der Waals surface area (Å²) >= 11 is 0. The molecule has 3 rings (SSSR count). The summed E-state index contributed by atoms with van der Waals surface area (Å²) in [4.78, 5) is 20.2. The summed E-state index contributed by atoms with van der Waals surface area (Å²) in [5, 5.41) is 17.4. The van der Waals surface area contributed by atoms with Crippen molar-refractivity contribution in [3.8, 4) is 0 Å². The molecule has 7 heteroatoms. The monoisotopic (exact) mass is 315 g/mol. The van der Waals surface area contributed by atoms with Gasteiger partial charge in [-0.25, -0.2) is 4.98 Å². The SMILES string of the molecule is CN(C[C@]1(O)CCCN(c2ccccn2)C1)C(=O)c1ccn[nH]1. The molecule has 0 aliphatic carbocycles. The second kappa shape index (κ2) is 6.37. The van der Waals surface area contributed by atoms with Crippen molar-refractivity contribution in [1.29, 1.82) is 0 Å². The Balaban J connectivity index is 1.67. The molecule has 1 fully saturated rings. The highest BCUT2D eigenvalue weighted by atomic mass is 16.3. The van der Waals surface area contributed by atoms with Crippen molar-refractivity contribution in [2.24, 2.45) is 0 Å². The lowest BCUT2D eigenvalue weighted by Gasteiger charge is -2.41. The van der Waals surface area contributed by atoms with Crippen molar-refractivity contribution in [3.63, 3.8) is 0 Å². The molecule has 7 nitrogen and oxygen atoms in total. The Kier molecular flexibility index (Phi) is 4.29. The van der Waals surface area contributed by atoms with E-state index in [-0.39, 0.29) is 12.5 Å². The summed E-state index contributed by atoms with van der Waals surface area (Å²) in [7, 11) is 1.70. The van der Waals surface area contributed by atoms with Crippen LogP contribution in [0.1, 0.15) is 23.3 Å². The first kappa shape index (κ1) is 15.5. The lowest BCUT2D eigenvalue weighted by Crippen LogP contribution is -2.54. The van der Waals surface area contributed by atoms with Crippen molar-refractivity contribution in [2.45, 2.75) is 18.4 Å². The lowest BCUT2D eigenvalue weighted by molar-refractivity contribution is -0.000278. The number of aromatic amines is 1. The molecule has 0 spiro atoms. The van der Waals surface area contributed by atoms with Gasteiger partial charge in [-0.1, -0.05) is 6.07 Å². The molecule has 0 unspecified atom stereocenters. The van der Waals surface area contributed by atoms with E-state index in [1.165, 1.54) is 4.90 Å². The number of rotatable bonds is 4. The normalized spacial score (nSPS) is 21.2. The van der Waals surface area contributed by atoms with E-state index in [9.17, 15) is 9.90 Å². The minimum atomic E-state index is -0.944. The highest BCUT2D eigenvalue weighted by Crippen LogP contribution is 2.25. The van der Waals surface area contributed by atoms with Crippen LogP contribution in [-0.2, 0) is 0 Å². The standard InChI is InChI=1S/C16H21N5O2/c1-20(15(22)13-6-9-18-19-13)11-16(23)7-4-10-21(12-16)14-5-2-3-8-17-14/h2-3,5-6,8-9,23H,4,7,10-12H2,1H3,(H,18,19)/t16-/m1/s1. The topological polar surface area (TPSA) is 85.3 Å². The highest BCUT2D eigenvalue weighted by Gasteiger charge is 2.36. The molecule has 1 amide bonds. The van der Waals surface area contributed by atoms with Gasteiger partial charge in [0.2, 0.25) is 0 Å². The van der Waals surface area contributed by atoms with Gasteiger partial charge in [-0.3, -0.25) is 9.89 Å². The molecule has 23 heavy (non-hydrogen) atoms. The van der Waals surface area contributed by atoms with E-state index in [0.717, 1.165) is 18.8 Å². The summed E-state index contributed by atoms with van der Waals surface area (Å²) in [6.07, 6.45) is 4.81. The average Bonchev–Trinajstić information content (AvgIpc) is 3.09. The Bertz CT molecular complexity index is 646. The maximum Gasteiger partial charge on any atom is 0.271 e. The number of nitrogens with zero attached hydrogens (tertiary/aromatic N) is 4. The van der Waals surface area contributed by atoms with Gasteiger partial charge in [-0.05, 0) is 31.0 Å². The van der Waals surface area contributed by atoms with Crippen LogP contribution in [0.5, 0.6) is 0 Å². The number of likely N-dealkylation sites (N-methyl/N-ethyl adjacent to an activating group) is 1. The number of H-pyrrole nitrogens is 1. The van der Waals surface area contributed by atoms with E-state index in [2.05, 4.69) is 20.1 Å². The van der Waals surface area contributed by atoms with Crippen LogP contribution in [0.4, 0.5) is 5.82 Å². The van der Waals surface area contributed by atoms with Crippen LogP contribution in [0.2, 0.25) is 0 Å². The molecule has 3 heterocycles. The number of nitrogens with one attached hydrogen (secondary N) is 1. The molecule has 0 aromatic carbocycles. The first-order chi connectivity index (χ1) is 11.1. The fourth-order valence-corrected chi connectivity index (χ4v) is 3.07. The highest BCUT2D eigenvalue weighted by molar-refractivity contribution is 5.92. The summed E-state index contributed by atoms with van der Waals surface area (Å²) in [6, 6.07) is 7.37. The molecule has 0 radical (unpaired) electrons. The third kappa shape index (κ3) is 3.50. The largest absolute Gasteiger partial charge is 0.386 e. The van der Waals surface area contributed by atoms with Gasteiger partial charge in [0.1, 0.15) is 11.5 Å². The molecule has 2 aromatic rings. The molecule has 2 N–H and O–H groups in total. The van der Waals surface area contributed by atoms with Crippen LogP contribution in [0.3, 0.4) is 0 Å². The predicted octanol–water partition coefficient (Wildman–Crippen LogP) is 0.908. The van der Waals surface area contributed by atoms with E-state index in [1.807, 2.05) is 18.2 Å². The molecular weight excluding hydrogens is 294 g/mol. The van der Waals surface area contributed by atoms with E-state index < -0.39 is 5.60 Å². The molecular formula is C16H21N5O2. The molecule has 1 aliphatic rings. The maximum absolute atomic E-state index is 12.3. The number of aromatic nitrogens is 3. The van der Waals surface area contributed by atoms with Gasteiger partial charge in [-0.2, -0.15) is 5.10 Å². The van der Waals surface area contributed by atoms with Gasteiger partial charge in [0.15, 0.2) is 0 Å². The minimum Gasteiger partial charge on any atom is -0.386 e. The van der Waals surface area contributed by atoms with Gasteiger partial charge in [0, 0.05) is 32.5 Å². The van der Waals surface area contributed by atoms with Gasteiger partial charge in [0.05, 0.1) is 12.1 Å². The van der Waals surface area contributed by atoms with Gasteiger partial charge in [-0.15, -0.1) is 0 Å². The Hall–Kier alpha value is -2.41. The second-order valence-corrected chi connectivity index (χ2v) is 6.07. The number of amides is 1. The van der Waals surface area contributed by atoms with Gasteiger partial charge < -0.3 is 14.9 Å². The third-order valence-electron chi connectivity index (χ3n) is 4.14. The Morgan fingerprint density at radius 1 is 1.43 bits per heavy atom. The van der Waals surface area contributed by atoms with Crippen molar-refractivity contribution in [2.75, 3.05) is 31.6 Å². The number of carbonyl (C=O) groups excluding carboxylic acids is 1. The van der Waals surface area contributed by atoms with Crippen LogP contribution in [-0.4, -0.2) is 63.4 Å². The summed E-state index contributed by atoms with van der Waals surface area (Å²) in [6.45, 7) is 1.59. The smallest absolute Gasteiger partial charge is 0.271 e. The molecule has 0 saturated carbocycles. The molecule has 1 atom stereocenters. The van der Waals surface area contributed by atoms with E-state index in [1.54, 1.807) is 25.5 Å². The molecule has 122 valence electrons. The number of hydrogen-bond acceptors (Lipinski definition) is 5. The van der Waals surface area contributed by atoms with Crippen LogP contribution >= 0.6 is 0 Å². The number of hydrogen-bond donors (Lipinski definition) is 2. The zero-order valence-corrected chi connectivity index (χ0v) is 13.1. The molecule has 1 saturated heterocycles. The Morgan fingerprint density at radius 2 is 2.30 bits per heavy atom. The van der Waals surface area contributed by atoms with Crippen molar-refractivity contribution in [1.82, 2.24) is 20.1 Å². The summed E-state index contributed by atoms with van der Waals surface area (Å²) in [5.74, 6) is 0.680. The van der Waals surface area contributed by atoms with Crippen LogP contribution < -0.4 is 4.90 Å². The summed E-state index contributed by atoms with van der Waals surface area (Å²) in [5.41, 5.74) is -0.520.